The summed E-state index contributed by atoms with van der Waals surface area (Å²) in [5, 5.41) is 0. The molecule has 0 aliphatic heterocycles. The molecule has 1 rings (SSSR count). The molecule has 0 bridgehead atoms. The zero-order valence-corrected chi connectivity index (χ0v) is 11.4. The van der Waals surface area contributed by atoms with E-state index in [4.69, 9.17) is 14.4 Å². The van der Waals surface area contributed by atoms with Gasteiger partial charge < -0.3 is 9.47 Å². The highest BCUT2D eigenvalue weighted by atomic mass is 17.2. The third kappa shape index (κ3) is 6.22. The Hall–Kier alpha value is -1.59. The van der Waals surface area contributed by atoms with Crippen LogP contribution in [0.4, 0.5) is 0 Å². The Labute approximate surface area is 113 Å². The second kappa shape index (κ2) is 9.35. The quantitative estimate of drug-likeness (QED) is 0.391. The lowest BCUT2D eigenvalue weighted by Crippen LogP contribution is -2.10. The van der Waals surface area contributed by atoms with Gasteiger partial charge >= 0.3 is 5.97 Å². The van der Waals surface area contributed by atoms with Crippen LogP contribution in [0.5, 0.6) is 5.75 Å². The van der Waals surface area contributed by atoms with E-state index >= 15 is 0 Å². The minimum absolute atomic E-state index is 0.220. The van der Waals surface area contributed by atoms with Crippen LogP contribution in [0.1, 0.15) is 30.6 Å². The second-order valence-electron chi connectivity index (χ2n) is 3.76. The molecular weight excluding hydrogens is 248 g/mol. The van der Waals surface area contributed by atoms with E-state index < -0.39 is 5.97 Å². The zero-order valence-electron chi connectivity index (χ0n) is 11.4. The maximum atomic E-state index is 11.6. The summed E-state index contributed by atoms with van der Waals surface area (Å²) in [4.78, 5) is 21.0. The molecule has 0 radical (unpaired) electrons. The molecule has 106 valence electrons. The maximum absolute atomic E-state index is 11.6. The SMILES string of the molecule is CCCOc1ccc(C(=O)OOCCOCC)cc1. The molecule has 19 heavy (non-hydrogen) atoms. The summed E-state index contributed by atoms with van der Waals surface area (Å²) in [6.07, 6.45) is 0.942. The Morgan fingerprint density at radius 2 is 1.79 bits per heavy atom. The molecule has 0 spiro atoms. The van der Waals surface area contributed by atoms with E-state index in [9.17, 15) is 4.79 Å². The first-order valence-electron chi connectivity index (χ1n) is 6.42. The molecule has 0 saturated heterocycles. The minimum atomic E-state index is -0.529. The minimum Gasteiger partial charge on any atom is -0.494 e. The van der Waals surface area contributed by atoms with Crippen LogP contribution in [0.15, 0.2) is 24.3 Å². The zero-order chi connectivity index (χ0) is 13.9. The summed E-state index contributed by atoms with van der Waals surface area (Å²) in [5.74, 6) is 0.203. The van der Waals surface area contributed by atoms with Crippen molar-refractivity contribution in [3.63, 3.8) is 0 Å². The van der Waals surface area contributed by atoms with Crippen LogP contribution in [0.3, 0.4) is 0 Å². The topological polar surface area (TPSA) is 54.0 Å². The molecule has 0 unspecified atom stereocenters. The van der Waals surface area contributed by atoms with Gasteiger partial charge in [0.1, 0.15) is 12.4 Å². The normalized spacial score (nSPS) is 10.2. The molecule has 0 heterocycles. The van der Waals surface area contributed by atoms with Crippen LogP contribution in [-0.2, 0) is 14.5 Å². The standard InChI is InChI=1S/C14H20O5/c1-3-9-17-13-7-5-12(6-8-13)14(15)19-18-11-10-16-4-2/h5-8H,3-4,9-11H2,1-2H3. The third-order valence-electron chi connectivity index (χ3n) is 2.21. The lowest BCUT2D eigenvalue weighted by Gasteiger charge is -2.06. The van der Waals surface area contributed by atoms with Crippen molar-refractivity contribution in [2.45, 2.75) is 20.3 Å². The lowest BCUT2D eigenvalue weighted by atomic mass is 10.2. The highest BCUT2D eigenvalue weighted by molar-refractivity contribution is 5.89. The third-order valence-corrected chi connectivity index (χ3v) is 2.21. The first-order chi connectivity index (χ1) is 9.27. The molecule has 0 aliphatic carbocycles. The summed E-state index contributed by atoms with van der Waals surface area (Å²) < 4.78 is 10.5. The fourth-order valence-corrected chi connectivity index (χ4v) is 1.29. The van der Waals surface area contributed by atoms with Gasteiger partial charge in [-0.15, -0.1) is 0 Å². The van der Waals surface area contributed by atoms with Crippen molar-refractivity contribution in [3.05, 3.63) is 29.8 Å². The van der Waals surface area contributed by atoms with Gasteiger partial charge in [-0.25, -0.2) is 4.79 Å². The van der Waals surface area contributed by atoms with E-state index in [-0.39, 0.29) is 6.61 Å². The summed E-state index contributed by atoms with van der Waals surface area (Å²) in [6, 6.07) is 6.73. The number of carbonyl (C=O) groups is 1. The summed E-state index contributed by atoms with van der Waals surface area (Å²) in [6.45, 7) is 5.80. The van der Waals surface area contributed by atoms with Gasteiger partial charge in [0.25, 0.3) is 0 Å². The van der Waals surface area contributed by atoms with E-state index in [1.807, 2.05) is 13.8 Å². The molecule has 1 aromatic rings. The van der Waals surface area contributed by atoms with Crippen LogP contribution in [-0.4, -0.2) is 32.4 Å². The summed E-state index contributed by atoms with van der Waals surface area (Å²) >= 11 is 0. The van der Waals surface area contributed by atoms with Gasteiger partial charge in [-0.2, -0.15) is 4.89 Å². The number of hydrogen-bond donors (Lipinski definition) is 0. The molecule has 5 nitrogen and oxygen atoms in total. The predicted octanol–water partition coefficient (Wildman–Crippen LogP) is 2.60. The van der Waals surface area contributed by atoms with Crippen LogP contribution < -0.4 is 4.74 Å². The summed E-state index contributed by atoms with van der Waals surface area (Å²) in [7, 11) is 0. The van der Waals surface area contributed by atoms with E-state index in [0.717, 1.165) is 12.2 Å². The lowest BCUT2D eigenvalue weighted by molar-refractivity contribution is -0.247. The molecule has 0 saturated carbocycles. The van der Waals surface area contributed by atoms with E-state index in [2.05, 4.69) is 4.89 Å². The summed E-state index contributed by atoms with van der Waals surface area (Å²) in [5.41, 5.74) is 0.417. The van der Waals surface area contributed by atoms with Gasteiger partial charge in [-0.1, -0.05) is 6.92 Å². The van der Waals surface area contributed by atoms with E-state index in [1.165, 1.54) is 0 Å². The first-order valence-corrected chi connectivity index (χ1v) is 6.42. The fraction of sp³-hybridized carbons (Fsp3) is 0.500. The fourth-order valence-electron chi connectivity index (χ4n) is 1.29. The van der Waals surface area contributed by atoms with Gasteiger partial charge in [-0.05, 0) is 37.6 Å². The molecule has 0 amide bonds. The van der Waals surface area contributed by atoms with Crippen LogP contribution in [0.25, 0.3) is 0 Å². The van der Waals surface area contributed by atoms with Gasteiger partial charge in [-0.3, -0.25) is 4.89 Å². The monoisotopic (exact) mass is 268 g/mol. The van der Waals surface area contributed by atoms with Gasteiger partial charge in [0, 0.05) is 6.61 Å². The molecule has 0 atom stereocenters. The molecule has 0 N–H and O–H groups in total. The van der Waals surface area contributed by atoms with Crippen molar-refractivity contribution < 1.29 is 24.0 Å². The Bertz CT molecular complexity index is 361. The van der Waals surface area contributed by atoms with Crippen LogP contribution >= 0.6 is 0 Å². The van der Waals surface area contributed by atoms with Crippen molar-refractivity contribution in [2.75, 3.05) is 26.4 Å². The van der Waals surface area contributed by atoms with E-state index in [0.29, 0.717) is 25.4 Å². The average molecular weight is 268 g/mol. The number of carbonyl (C=O) groups excluding carboxylic acids is 1. The van der Waals surface area contributed by atoms with Gasteiger partial charge in [0.05, 0.1) is 18.8 Å². The predicted molar refractivity (Wildman–Crippen MR) is 70.1 cm³/mol. The first kappa shape index (κ1) is 15.5. The van der Waals surface area contributed by atoms with Crippen LogP contribution in [0.2, 0.25) is 0 Å². The van der Waals surface area contributed by atoms with Gasteiger partial charge in [0.2, 0.25) is 0 Å². The Balaban J connectivity index is 2.32. The Morgan fingerprint density at radius 3 is 2.42 bits per heavy atom. The number of ether oxygens (including phenoxy) is 2. The van der Waals surface area contributed by atoms with Crippen molar-refractivity contribution in [2.24, 2.45) is 0 Å². The average Bonchev–Trinajstić information content (AvgIpc) is 2.45. The van der Waals surface area contributed by atoms with Crippen molar-refractivity contribution >= 4 is 5.97 Å². The second-order valence-corrected chi connectivity index (χ2v) is 3.76. The van der Waals surface area contributed by atoms with Crippen molar-refractivity contribution in [1.82, 2.24) is 0 Å². The smallest absolute Gasteiger partial charge is 0.373 e. The molecule has 0 aromatic heterocycles. The Morgan fingerprint density at radius 1 is 1.05 bits per heavy atom. The number of benzene rings is 1. The molecule has 0 fully saturated rings. The molecule has 1 aromatic carbocycles. The highest BCUT2D eigenvalue weighted by Gasteiger charge is 2.08. The van der Waals surface area contributed by atoms with Crippen LogP contribution in [0, 0.1) is 0 Å². The van der Waals surface area contributed by atoms with Crippen molar-refractivity contribution in [1.29, 1.82) is 0 Å². The van der Waals surface area contributed by atoms with Crippen molar-refractivity contribution in [3.8, 4) is 5.75 Å². The molecular formula is C14H20O5. The number of rotatable bonds is 9. The van der Waals surface area contributed by atoms with Gasteiger partial charge in [0.15, 0.2) is 0 Å². The molecule has 0 aliphatic rings. The molecule has 5 heteroatoms. The highest BCUT2D eigenvalue weighted by Crippen LogP contribution is 2.13. The largest absolute Gasteiger partial charge is 0.494 e. The number of hydrogen-bond acceptors (Lipinski definition) is 5. The maximum Gasteiger partial charge on any atom is 0.373 e. The Kier molecular flexibility index (Phi) is 7.62. The van der Waals surface area contributed by atoms with E-state index in [1.54, 1.807) is 24.3 Å².